The Bertz CT molecular complexity index is 709. The van der Waals surface area contributed by atoms with E-state index in [0.717, 1.165) is 10.6 Å². The van der Waals surface area contributed by atoms with Gasteiger partial charge in [0.1, 0.15) is 0 Å². The van der Waals surface area contributed by atoms with Gasteiger partial charge in [-0.2, -0.15) is 0 Å². The van der Waals surface area contributed by atoms with Gasteiger partial charge in [-0.25, -0.2) is 0 Å². The Morgan fingerprint density at radius 3 is 2.43 bits per heavy atom. The van der Waals surface area contributed by atoms with Crippen molar-refractivity contribution in [2.24, 2.45) is 0 Å². The molecule has 3 heteroatoms. The molecular formula is C20H24ClNO. The molecule has 2 rings (SSSR count). The fourth-order valence-corrected chi connectivity index (χ4v) is 3.02. The van der Waals surface area contributed by atoms with E-state index in [-0.39, 0.29) is 11.9 Å². The van der Waals surface area contributed by atoms with E-state index in [1.54, 1.807) is 0 Å². The highest BCUT2D eigenvalue weighted by atomic mass is 35.5. The third-order valence-electron chi connectivity index (χ3n) is 4.31. The van der Waals surface area contributed by atoms with Gasteiger partial charge in [-0.3, -0.25) is 4.79 Å². The van der Waals surface area contributed by atoms with E-state index in [4.69, 9.17) is 11.6 Å². The second-order valence-corrected chi connectivity index (χ2v) is 6.58. The van der Waals surface area contributed by atoms with E-state index in [1.807, 2.05) is 31.2 Å². The summed E-state index contributed by atoms with van der Waals surface area (Å²) in [6, 6.07) is 12.0. The van der Waals surface area contributed by atoms with Crippen LogP contribution in [0.4, 0.5) is 0 Å². The van der Waals surface area contributed by atoms with E-state index in [1.165, 1.54) is 22.3 Å². The summed E-state index contributed by atoms with van der Waals surface area (Å²) in [5.41, 5.74) is 5.94. The Balaban J connectivity index is 1.97. The molecule has 1 atom stereocenters. The Labute approximate surface area is 143 Å². The minimum atomic E-state index is 0.00745. The summed E-state index contributed by atoms with van der Waals surface area (Å²) < 4.78 is 0. The van der Waals surface area contributed by atoms with E-state index < -0.39 is 0 Å². The second-order valence-electron chi connectivity index (χ2n) is 6.17. The van der Waals surface area contributed by atoms with Gasteiger partial charge in [0.15, 0.2) is 0 Å². The highest BCUT2D eigenvalue weighted by Gasteiger charge is 2.13. The minimum Gasteiger partial charge on any atom is -0.350 e. The highest BCUT2D eigenvalue weighted by Crippen LogP contribution is 2.22. The molecule has 0 unspecified atom stereocenters. The monoisotopic (exact) mass is 329 g/mol. The van der Waals surface area contributed by atoms with Crippen LogP contribution in [0.2, 0.25) is 5.02 Å². The molecule has 0 aromatic heterocycles. The van der Waals surface area contributed by atoms with E-state index in [9.17, 15) is 4.79 Å². The molecule has 2 aromatic rings. The Kier molecular flexibility index (Phi) is 5.84. The zero-order valence-electron chi connectivity index (χ0n) is 14.2. The van der Waals surface area contributed by atoms with Crippen molar-refractivity contribution in [3.8, 4) is 0 Å². The molecule has 0 aliphatic heterocycles. The molecule has 0 radical (unpaired) electrons. The maximum Gasteiger partial charge on any atom is 0.220 e. The lowest BCUT2D eigenvalue weighted by Crippen LogP contribution is -2.27. The van der Waals surface area contributed by atoms with Gasteiger partial charge in [0.05, 0.1) is 6.04 Å². The van der Waals surface area contributed by atoms with Crippen molar-refractivity contribution < 1.29 is 4.79 Å². The number of carbonyl (C=O) groups excluding carboxylic acids is 1. The van der Waals surface area contributed by atoms with Crippen molar-refractivity contribution in [3.05, 3.63) is 69.2 Å². The van der Waals surface area contributed by atoms with Gasteiger partial charge in [-0.1, -0.05) is 41.9 Å². The van der Waals surface area contributed by atoms with Crippen LogP contribution in [0.15, 0.2) is 36.4 Å². The summed E-state index contributed by atoms with van der Waals surface area (Å²) in [5, 5.41) is 3.81. The summed E-state index contributed by atoms with van der Waals surface area (Å²) in [6.45, 7) is 8.34. The molecule has 0 fully saturated rings. The van der Waals surface area contributed by atoms with Crippen LogP contribution in [-0.4, -0.2) is 5.91 Å². The molecule has 0 aliphatic carbocycles. The van der Waals surface area contributed by atoms with Gasteiger partial charge >= 0.3 is 0 Å². The predicted octanol–water partition coefficient (Wildman–Crippen LogP) is 5.08. The number of carbonyl (C=O) groups is 1. The fourth-order valence-electron chi connectivity index (χ4n) is 2.79. The largest absolute Gasteiger partial charge is 0.350 e. The average Bonchev–Trinajstić information content (AvgIpc) is 2.50. The van der Waals surface area contributed by atoms with Gasteiger partial charge in [-0.05, 0) is 68.0 Å². The van der Waals surface area contributed by atoms with Crippen molar-refractivity contribution in [1.29, 1.82) is 0 Å². The summed E-state index contributed by atoms with van der Waals surface area (Å²) in [5.74, 6) is 0.0510. The van der Waals surface area contributed by atoms with Gasteiger partial charge in [-0.15, -0.1) is 0 Å². The first-order chi connectivity index (χ1) is 10.9. The van der Waals surface area contributed by atoms with Crippen LogP contribution in [0.3, 0.4) is 0 Å². The van der Waals surface area contributed by atoms with E-state index >= 15 is 0 Å². The van der Waals surface area contributed by atoms with Crippen LogP contribution in [0.25, 0.3) is 0 Å². The molecule has 1 N–H and O–H groups in total. The third kappa shape index (κ3) is 4.59. The maximum atomic E-state index is 12.2. The summed E-state index contributed by atoms with van der Waals surface area (Å²) in [7, 11) is 0. The van der Waals surface area contributed by atoms with Gasteiger partial charge < -0.3 is 5.32 Å². The summed E-state index contributed by atoms with van der Waals surface area (Å²) >= 11 is 6.13. The van der Waals surface area contributed by atoms with Gasteiger partial charge in [0.25, 0.3) is 0 Å². The quantitative estimate of drug-likeness (QED) is 0.814. The highest BCUT2D eigenvalue weighted by molar-refractivity contribution is 6.31. The first-order valence-corrected chi connectivity index (χ1v) is 8.36. The maximum absolute atomic E-state index is 12.2. The van der Waals surface area contributed by atoms with E-state index in [0.29, 0.717) is 12.8 Å². The molecule has 0 bridgehead atoms. The van der Waals surface area contributed by atoms with Crippen LogP contribution in [-0.2, 0) is 11.2 Å². The lowest BCUT2D eigenvalue weighted by molar-refractivity contribution is -0.121. The van der Waals surface area contributed by atoms with Crippen molar-refractivity contribution in [3.63, 3.8) is 0 Å². The van der Waals surface area contributed by atoms with Gasteiger partial charge in [0, 0.05) is 11.4 Å². The molecular weight excluding hydrogens is 306 g/mol. The number of halogens is 1. The molecule has 2 nitrogen and oxygen atoms in total. The SMILES string of the molecule is Cc1cc(C)c([C@H](C)NC(=O)CCc2ccccc2Cl)cc1C. The summed E-state index contributed by atoms with van der Waals surface area (Å²) in [4.78, 5) is 12.2. The van der Waals surface area contributed by atoms with Gasteiger partial charge in [0.2, 0.25) is 5.91 Å². The van der Waals surface area contributed by atoms with E-state index in [2.05, 4.69) is 38.2 Å². The predicted molar refractivity (Wildman–Crippen MR) is 97.0 cm³/mol. The molecule has 122 valence electrons. The normalized spacial score (nSPS) is 12.0. The number of hydrogen-bond donors (Lipinski definition) is 1. The Hall–Kier alpha value is -1.80. The Morgan fingerprint density at radius 1 is 1.09 bits per heavy atom. The molecule has 1 amide bonds. The molecule has 0 spiro atoms. The molecule has 23 heavy (non-hydrogen) atoms. The minimum absolute atomic E-state index is 0.00745. The number of benzene rings is 2. The smallest absolute Gasteiger partial charge is 0.220 e. The number of hydrogen-bond acceptors (Lipinski definition) is 1. The van der Waals surface area contributed by atoms with Crippen LogP contribution < -0.4 is 5.32 Å². The van der Waals surface area contributed by atoms with Crippen molar-refractivity contribution in [1.82, 2.24) is 5.32 Å². The average molecular weight is 330 g/mol. The van der Waals surface area contributed by atoms with Crippen molar-refractivity contribution in [2.75, 3.05) is 0 Å². The van der Waals surface area contributed by atoms with Crippen molar-refractivity contribution >= 4 is 17.5 Å². The zero-order valence-corrected chi connectivity index (χ0v) is 15.0. The molecule has 0 heterocycles. The lowest BCUT2D eigenvalue weighted by atomic mass is 9.96. The number of nitrogens with one attached hydrogen (secondary N) is 1. The molecule has 0 saturated carbocycles. The van der Waals surface area contributed by atoms with Crippen LogP contribution in [0, 0.1) is 20.8 Å². The third-order valence-corrected chi connectivity index (χ3v) is 4.67. The molecule has 2 aromatic carbocycles. The first-order valence-electron chi connectivity index (χ1n) is 7.99. The topological polar surface area (TPSA) is 29.1 Å². The number of aryl methyl sites for hydroxylation is 4. The number of rotatable bonds is 5. The van der Waals surface area contributed by atoms with Crippen LogP contribution in [0.5, 0.6) is 0 Å². The van der Waals surface area contributed by atoms with Crippen LogP contribution >= 0.6 is 11.6 Å². The molecule has 0 aliphatic rings. The summed E-state index contributed by atoms with van der Waals surface area (Å²) in [6.07, 6.45) is 1.10. The standard InChI is InChI=1S/C20H24ClNO/c1-13-11-15(3)18(12-14(13)2)16(4)22-20(23)10-9-17-7-5-6-8-19(17)21/h5-8,11-12,16H,9-10H2,1-4H3,(H,22,23)/t16-/m0/s1. The first kappa shape index (κ1) is 17.6. The van der Waals surface area contributed by atoms with Crippen molar-refractivity contribution in [2.45, 2.75) is 46.6 Å². The second kappa shape index (κ2) is 7.65. The van der Waals surface area contributed by atoms with Crippen LogP contribution in [0.1, 0.15) is 47.2 Å². The fraction of sp³-hybridized carbons (Fsp3) is 0.350. The zero-order chi connectivity index (χ0) is 17.0. The number of amides is 1. The lowest BCUT2D eigenvalue weighted by Gasteiger charge is -2.18. The Morgan fingerprint density at radius 2 is 1.74 bits per heavy atom. The molecule has 0 saturated heterocycles.